The van der Waals surface area contributed by atoms with Crippen LogP contribution in [0.25, 0.3) is 0 Å². The first-order valence-corrected chi connectivity index (χ1v) is 7.88. The van der Waals surface area contributed by atoms with E-state index in [-0.39, 0.29) is 29.6 Å². The normalized spacial score (nSPS) is 26.1. The van der Waals surface area contributed by atoms with Crippen molar-refractivity contribution in [2.24, 2.45) is 0 Å². The molecule has 7 heteroatoms. The van der Waals surface area contributed by atoms with E-state index in [0.717, 1.165) is 0 Å². The molecule has 0 saturated carbocycles. The molecule has 1 saturated heterocycles. The maximum atomic E-state index is 11.4. The van der Waals surface area contributed by atoms with Crippen molar-refractivity contribution in [2.75, 3.05) is 37.9 Å². The Hall–Kier alpha value is -0.660. The summed E-state index contributed by atoms with van der Waals surface area (Å²) in [6.07, 6.45) is 0.618. The van der Waals surface area contributed by atoms with Crippen molar-refractivity contribution in [3.8, 4) is 0 Å². The number of rotatable bonds is 7. The number of ether oxygens (including phenoxy) is 2. The summed E-state index contributed by atoms with van der Waals surface area (Å²) in [4.78, 5) is 11.0. The van der Waals surface area contributed by atoms with E-state index in [0.29, 0.717) is 26.2 Å². The zero-order valence-corrected chi connectivity index (χ0v) is 11.7. The molecule has 0 bridgehead atoms. The molecule has 1 atom stereocenters. The molecule has 1 N–H and O–H groups in total. The lowest BCUT2D eigenvalue weighted by atomic mass is 10.0. The molecule has 0 aromatic rings. The van der Waals surface area contributed by atoms with Crippen LogP contribution in [-0.4, -0.2) is 57.8 Å². The number of hydrogen-bond donors (Lipinski definition) is 1. The Bertz CT molecular complexity index is 381. The second-order valence-electron chi connectivity index (χ2n) is 4.69. The maximum Gasteiger partial charge on any atom is 0.332 e. The molecule has 0 aromatic heterocycles. The Morgan fingerprint density at radius 1 is 1.44 bits per heavy atom. The summed E-state index contributed by atoms with van der Waals surface area (Å²) in [7, 11) is -2.89. The van der Waals surface area contributed by atoms with Crippen LogP contribution in [0.4, 0.5) is 0 Å². The predicted octanol–water partition coefficient (Wildman–Crippen LogP) is -0.267. The van der Waals surface area contributed by atoms with Gasteiger partial charge in [0, 0.05) is 12.1 Å². The molecule has 1 rings (SSSR count). The summed E-state index contributed by atoms with van der Waals surface area (Å²) in [6, 6.07) is 0. The van der Waals surface area contributed by atoms with Crippen LogP contribution in [0, 0.1) is 0 Å². The van der Waals surface area contributed by atoms with E-state index in [4.69, 9.17) is 9.47 Å². The number of sulfone groups is 1. The fourth-order valence-electron chi connectivity index (χ4n) is 1.93. The summed E-state index contributed by atoms with van der Waals surface area (Å²) in [5.74, 6) is 0.0186. The summed E-state index contributed by atoms with van der Waals surface area (Å²) in [5.41, 5.74) is -0.369. The molecule has 0 radical (unpaired) electrons. The van der Waals surface area contributed by atoms with E-state index in [1.165, 1.54) is 0 Å². The first-order valence-electron chi connectivity index (χ1n) is 6.06. The third-order valence-electron chi connectivity index (χ3n) is 2.83. The second kappa shape index (κ2) is 6.49. The molecule has 106 valence electrons. The first-order chi connectivity index (χ1) is 8.37. The quantitative estimate of drug-likeness (QED) is 0.510. The minimum absolute atomic E-state index is 0.0649. The largest absolute Gasteiger partial charge is 0.464 e. The van der Waals surface area contributed by atoms with Gasteiger partial charge in [0.15, 0.2) is 9.84 Å². The SMILES string of the molecule is CCOC(=O)COCCNC1(C)CCS(=O)(=O)C1. The number of carbonyl (C=O) groups is 1. The molecule has 1 aliphatic heterocycles. The van der Waals surface area contributed by atoms with Crippen molar-refractivity contribution in [1.29, 1.82) is 0 Å². The van der Waals surface area contributed by atoms with Gasteiger partial charge in [0.05, 0.1) is 24.7 Å². The maximum absolute atomic E-state index is 11.4. The van der Waals surface area contributed by atoms with Gasteiger partial charge < -0.3 is 14.8 Å². The Morgan fingerprint density at radius 3 is 2.72 bits per heavy atom. The van der Waals surface area contributed by atoms with Crippen LogP contribution in [0.2, 0.25) is 0 Å². The number of carbonyl (C=O) groups excluding carboxylic acids is 1. The lowest BCUT2D eigenvalue weighted by Crippen LogP contribution is -2.45. The van der Waals surface area contributed by atoms with Gasteiger partial charge in [-0.25, -0.2) is 13.2 Å². The average molecular weight is 279 g/mol. The average Bonchev–Trinajstić information content (AvgIpc) is 2.53. The molecule has 1 aliphatic rings. The van der Waals surface area contributed by atoms with Crippen molar-refractivity contribution >= 4 is 15.8 Å². The van der Waals surface area contributed by atoms with E-state index >= 15 is 0 Å². The highest BCUT2D eigenvalue weighted by Crippen LogP contribution is 2.22. The highest BCUT2D eigenvalue weighted by molar-refractivity contribution is 7.91. The number of hydrogen-bond acceptors (Lipinski definition) is 6. The van der Waals surface area contributed by atoms with Crippen LogP contribution >= 0.6 is 0 Å². The van der Waals surface area contributed by atoms with E-state index < -0.39 is 9.84 Å². The van der Waals surface area contributed by atoms with Crippen LogP contribution in [0.1, 0.15) is 20.3 Å². The molecule has 0 aromatic carbocycles. The molecule has 1 unspecified atom stereocenters. The molecule has 0 amide bonds. The summed E-state index contributed by atoms with van der Waals surface area (Å²) >= 11 is 0. The molecule has 1 fully saturated rings. The van der Waals surface area contributed by atoms with E-state index in [2.05, 4.69) is 5.32 Å². The fourth-order valence-corrected chi connectivity index (χ4v) is 4.06. The van der Waals surface area contributed by atoms with Gasteiger partial charge >= 0.3 is 5.97 Å². The third-order valence-corrected chi connectivity index (χ3v) is 4.73. The fraction of sp³-hybridized carbons (Fsp3) is 0.909. The zero-order valence-electron chi connectivity index (χ0n) is 10.9. The predicted molar refractivity (Wildman–Crippen MR) is 67.1 cm³/mol. The number of esters is 1. The molecule has 18 heavy (non-hydrogen) atoms. The highest BCUT2D eigenvalue weighted by atomic mass is 32.2. The van der Waals surface area contributed by atoms with E-state index in [1.54, 1.807) is 6.92 Å². The topological polar surface area (TPSA) is 81.7 Å². The Morgan fingerprint density at radius 2 is 2.17 bits per heavy atom. The molecular formula is C11H21NO5S. The van der Waals surface area contributed by atoms with Crippen LogP contribution in [-0.2, 0) is 24.1 Å². The van der Waals surface area contributed by atoms with Crippen LogP contribution < -0.4 is 5.32 Å². The van der Waals surface area contributed by atoms with Gasteiger partial charge in [0.2, 0.25) is 0 Å². The molecule has 6 nitrogen and oxygen atoms in total. The van der Waals surface area contributed by atoms with Gasteiger partial charge in [0.1, 0.15) is 6.61 Å². The van der Waals surface area contributed by atoms with Gasteiger partial charge in [-0.15, -0.1) is 0 Å². The summed E-state index contributed by atoms with van der Waals surface area (Å²) in [5, 5.41) is 3.16. The third kappa shape index (κ3) is 5.32. The smallest absolute Gasteiger partial charge is 0.332 e. The Labute approximate surface area is 108 Å². The second-order valence-corrected chi connectivity index (χ2v) is 6.87. The zero-order chi connectivity index (χ0) is 13.6. The van der Waals surface area contributed by atoms with Crippen LogP contribution in [0.5, 0.6) is 0 Å². The Balaban J connectivity index is 2.13. The van der Waals surface area contributed by atoms with E-state index in [9.17, 15) is 13.2 Å². The van der Waals surface area contributed by atoms with Crippen LogP contribution in [0.15, 0.2) is 0 Å². The van der Waals surface area contributed by atoms with Gasteiger partial charge in [-0.05, 0) is 20.3 Å². The van der Waals surface area contributed by atoms with Crippen molar-refractivity contribution < 1.29 is 22.7 Å². The Kier molecular flexibility index (Phi) is 5.55. The van der Waals surface area contributed by atoms with E-state index in [1.807, 2.05) is 6.92 Å². The van der Waals surface area contributed by atoms with Crippen molar-refractivity contribution in [1.82, 2.24) is 5.32 Å². The first kappa shape index (κ1) is 15.4. The molecular weight excluding hydrogens is 258 g/mol. The monoisotopic (exact) mass is 279 g/mol. The van der Waals surface area contributed by atoms with Gasteiger partial charge in [-0.1, -0.05) is 0 Å². The molecule has 0 spiro atoms. The van der Waals surface area contributed by atoms with Crippen molar-refractivity contribution in [3.05, 3.63) is 0 Å². The van der Waals surface area contributed by atoms with Gasteiger partial charge in [-0.3, -0.25) is 0 Å². The van der Waals surface area contributed by atoms with Crippen molar-refractivity contribution in [2.45, 2.75) is 25.8 Å². The molecule has 0 aliphatic carbocycles. The number of nitrogens with one attached hydrogen (secondary N) is 1. The van der Waals surface area contributed by atoms with Gasteiger partial charge in [0.25, 0.3) is 0 Å². The van der Waals surface area contributed by atoms with Crippen LogP contribution in [0.3, 0.4) is 0 Å². The lowest BCUT2D eigenvalue weighted by Gasteiger charge is -2.23. The van der Waals surface area contributed by atoms with Gasteiger partial charge in [-0.2, -0.15) is 0 Å². The molecule has 1 heterocycles. The van der Waals surface area contributed by atoms with Crippen molar-refractivity contribution in [3.63, 3.8) is 0 Å². The lowest BCUT2D eigenvalue weighted by molar-refractivity contribution is -0.148. The minimum atomic E-state index is -2.89. The summed E-state index contributed by atoms with van der Waals surface area (Å²) in [6.45, 7) is 4.78. The summed E-state index contributed by atoms with van der Waals surface area (Å²) < 4.78 is 32.6. The standard InChI is InChI=1S/C11H21NO5S/c1-3-17-10(13)8-16-6-5-12-11(2)4-7-18(14,15)9-11/h12H,3-9H2,1-2H3. The highest BCUT2D eigenvalue weighted by Gasteiger charge is 2.37. The minimum Gasteiger partial charge on any atom is -0.464 e.